The van der Waals surface area contributed by atoms with Crippen molar-refractivity contribution in [3.05, 3.63) is 53.5 Å². The first-order chi connectivity index (χ1) is 11.6. The van der Waals surface area contributed by atoms with Gasteiger partial charge in [-0.15, -0.1) is 0 Å². The van der Waals surface area contributed by atoms with E-state index < -0.39 is 0 Å². The van der Waals surface area contributed by atoms with Gasteiger partial charge in [0, 0.05) is 36.6 Å². The molecule has 0 spiro atoms. The molecule has 1 aromatic carbocycles. The van der Waals surface area contributed by atoms with Gasteiger partial charge in [-0.2, -0.15) is 0 Å². The van der Waals surface area contributed by atoms with Gasteiger partial charge in [-0.05, 0) is 44.5 Å². The van der Waals surface area contributed by atoms with E-state index in [4.69, 9.17) is 9.15 Å². The third-order valence-electron chi connectivity index (χ3n) is 3.41. The molecule has 0 unspecified atom stereocenters. The Hall–Kier alpha value is -2.60. The predicted octanol–water partition coefficient (Wildman–Crippen LogP) is 3.00. The third kappa shape index (κ3) is 4.96. The Balaban J connectivity index is 1.92. The molecule has 0 fully saturated rings. The second kappa shape index (κ2) is 8.88. The lowest BCUT2D eigenvalue weighted by atomic mass is 10.1. The molecule has 0 aliphatic carbocycles. The van der Waals surface area contributed by atoms with Crippen molar-refractivity contribution in [2.45, 2.75) is 20.3 Å². The molecule has 0 radical (unpaired) electrons. The molecule has 6 heteroatoms. The number of carbonyl (C=O) groups excluding carboxylic acids is 2. The molecule has 0 atom stereocenters. The summed E-state index contributed by atoms with van der Waals surface area (Å²) >= 11 is 0. The van der Waals surface area contributed by atoms with Crippen LogP contribution in [-0.2, 0) is 4.74 Å². The molecule has 0 aliphatic heterocycles. The van der Waals surface area contributed by atoms with E-state index >= 15 is 0 Å². The SMILES string of the molecule is CCOCCCNC(=O)c1cccc(NC(=O)c2occc2C)c1. The van der Waals surface area contributed by atoms with Crippen LogP contribution in [0, 0.1) is 6.92 Å². The van der Waals surface area contributed by atoms with Crippen LogP contribution in [0.1, 0.15) is 39.8 Å². The monoisotopic (exact) mass is 330 g/mol. The summed E-state index contributed by atoms with van der Waals surface area (Å²) in [4.78, 5) is 24.2. The zero-order valence-corrected chi connectivity index (χ0v) is 13.9. The number of benzene rings is 1. The summed E-state index contributed by atoms with van der Waals surface area (Å²) in [5.41, 5.74) is 1.79. The van der Waals surface area contributed by atoms with Gasteiger partial charge in [-0.1, -0.05) is 6.07 Å². The smallest absolute Gasteiger partial charge is 0.291 e. The number of nitrogens with one attached hydrogen (secondary N) is 2. The summed E-state index contributed by atoms with van der Waals surface area (Å²) in [6.07, 6.45) is 2.23. The maximum absolute atomic E-state index is 12.1. The van der Waals surface area contributed by atoms with Gasteiger partial charge in [-0.25, -0.2) is 0 Å². The number of anilines is 1. The molecular weight excluding hydrogens is 308 g/mol. The second-order valence-electron chi connectivity index (χ2n) is 5.27. The zero-order valence-electron chi connectivity index (χ0n) is 13.9. The summed E-state index contributed by atoms with van der Waals surface area (Å²) in [7, 11) is 0. The van der Waals surface area contributed by atoms with Crippen molar-refractivity contribution in [1.29, 1.82) is 0 Å². The van der Waals surface area contributed by atoms with Crippen LogP contribution in [0.3, 0.4) is 0 Å². The predicted molar refractivity (Wildman–Crippen MR) is 91.3 cm³/mol. The molecule has 2 amide bonds. The van der Waals surface area contributed by atoms with Crippen LogP contribution in [-0.4, -0.2) is 31.6 Å². The zero-order chi connectivity index (χ0) is 17.4. The molecule has 0 bridgehead atoms. The van der Waals surface area contributed by atoms with Crippen LogP contribution in [0.15, 0.2) is 41.0 Å². The van der Waals surface area contributed by atoms with Crippen molar-refractivity contribution in [1.82, 2.24) is 5.32 Å². The topological polar surface area (TPSA) is 80.6 Å². The van der Waals surface area contributed by atoms with Crippen LogP contribution in [0.5, 0.6) is 0 Å². The first-order valence-electron chi connectivity index (χ1n) is 7.93. The van der Waals surface area contributed by atoms with Crippen LogP contribution < -0.4 is 10.6 Å². The number of hydrogen-bond acceptors (Lipinski definition) is 4. The summed E-state index contributed by atoms with van der Waals surface area (Å²) in [6.45, 7) is 5.56. The number of hydrogen-bond donors (Lipinski definition) is 2. The van der Waals surface area contributed by atoms with Crippen molar-refractivity contribution in [3.63, 3.8) is 0 Å². The molecule has 2 aromatic rings. The van der Waals surface area contributed by atoms with E-state index in [-0.39, 0.29) is 17.6 Å². The summed E-state index contributed by atoms with van der Waals surface area (Å²) in [6, 6.07) is 8.50. The van der Waals surface area contributed by atoms with Gasteiger partial charge < -0.3 is 19.8 Å². The van der Waals surface area contributed by atoms with E-state index in [1.807, 2.05) is 6.92 Å². The first kappa shape index (κ1) is 17.7. The highest BCUT2D eigenvalue weighted by molar-refractivity contribution is 6.04. The number of ether oxygens (including phenoxy) is 1. The quantitative estimate of drug-likeness (QED) is 0.729. The molecule has 2 rings (SSSR count). The molecule has 0 aliphatic rings. The van der Waals surface area contributed by atoms with Crippen molar-refractivity contribution < 1.29 is 18.7 Å². The lowest BCUT2D eigenvalue weighted by Crippen LogP contribution is -2.25. The highest BCUT2D eigenvalue weighted by Crippen LogP contribution is 2.15. The minimum atomic E-state index is -0.341. The maximum atomic E-state index is 12.1. The Morgan fingerprint density at radius 1 is 1.21 bits per heavy atom. The lowest BCUT2D eigenvalue weighted by Gasteiger charge is -2.08. The van der Waals surface area contributed by atoms with E-state index in [9.17, 15) is 9.59 Å². The minimum absolute atomic E-state index is 0.184. The van der Waals surface area contributed by atoms with Gasteiger partial charge in [0.1, 0.15) is 0 Å². The molecule has 6 nitrogen and oxygen atoms in total. The van der Waals surface area contributed by atoms with Gasteiger partial charge >= 0.3 is 0 Å². The van der Waals surface area contributed by atoms with Crippen LogP contribution in [0.4, 0.5) is 5.69 Å². The Bertz CT molecular complexity index is 694. The van der Waals surface area contributed by atoms with E-state index in [0.29, 0.717) is 31.0 Å². The summed E-state index contributed by atoms with van der Waals surface area (Å²) in [5, 5.41) is 5.56. The van der Waals surface area contributed by atoms with Gasteiger partial charge in [0.2, 0.25) is 0 Å². The second-order valence-corrected chi connectivity index (χ2v) is 5.27. The number of rotatable bonds is 8. The third-order valence-corrected chi connectivity index (χ3v) is 3.41. The average Bonchev–Trinajstić information content (AvgIpc) is 3.01. The Morgan fingerprint density at radius 3 is 2.75 bits per heavy atom. The average molecular weight is 330 g/mol. The standard InChI is InChI=1S/C18H22N2O4/c1-3-23-10-5-9-19-17(21)14-6-4-7-15(12-14)20-18(22)16-13(2)8-11-24-16/h4,6-8,11-12H,3,5,9-10H2,1-2H3,(H,19,21)(H,20,22). The van der Waals surface area contributed by atoms with E-state index in [1.165, 1.54) is 6.26 Å². The highest BCUT2D eigenvalue weighted by Gasteiger charge is 2.13. The van der Waals surface area contributed by atoms with Gasteiger partial charge in [-0.3, -0.25) is 9.59 Å². The van der Waals surface area contributed by atoms with Gasteiger partial charge in [0.15, 0.2) is 5.76 Å². The van der Waals surface area contributed by atoms with E-state index in [2.05, 4.69) is 10.6 Å². The number of aryl methyl sites for hydroxylation is 1. The van der Waals surface area contributed by atoms with E-state index in [0.717, 1.165) is 12.0 Å². The molecule has 0 saturated heterocycles. The molecule has 1 aromatic heterocycles. The first-order valence-corrected chi connectivity index (χ1v) is 7.93. The fraction of sp³-hybridized carbons (Fsp3) is 0.333. The maximum Gasteiger partial charge on any atom is 0.291 e. The largest absolute Gasteiger partial charge is 0.459 e. The fourth-order valence-electron chi connectivity index (χ4n) is 2.15. The number of carbonyl (C=O) groups is 2. The molecule has 1 heterocycles. The lowest BCUT2D eigenvalue weighted by molar-refractivity contribution is 0.0942. The Morgan fingerprint density at radius 2 is 2.04 bits per heavy atom. The molecule has 0 saturated carbocycles. The molecule has 24 heavy (non-hydrogen) atoms. The van der Waals surface area contributed by atoms with Crippen LogP contribution in [0.25, 0.3) is 0 Å². The van der Waals surface area contributed by atoms with Gasteiger partial charge in [0.05, 0.1) is 6.26 Å². The Labute approximate surface area is 141 Å². The van der Waals surface area contributed by atoms with E-state index in [1.54, 1.807) is 37.3 Å². The van der Waals surface area contributed by atoms with Crippen molar-refractivity contribution >= 4 is 17.5 Å². The number of furan rings is 1. The van der Waals surface area contributed by atoms with Crippen LogP contribution in [0.2, 0.25) is 0 Å². The molecular formula is C18H22N2O4. The summed E-state index contributed by atoms with van der Waals surface area (Å²) in [5.74, 6) is -0.260. The van der Waals surface area contributed by atoms with Crippen molar-refractivity contribution in [2.75, 3.05) is 25.1 Å². The highest BCUT2D eigenvalue weighted by atomic mass is 16.5. The molecule has 128 valence electrons. The number of amides is 2. The Kier molecular flexibility index (Phi) is 6.57. The van der Waals surface area contributed by atoms with Crippen LogP contribution >= 0.6 is 0 Å². The van der Waals surface area contributed by atoms with Crippen molar-refractivity contribution in [2.24, 2.45) is 0 Å². The molecule has 2 N–H and O–H groups in total. The minimum Gasteiger partial charge on any atom is -0.459 e. The fourth-order valence-corrected chi connectivity index (χ4v) is 2.15. The van der Waals surface area contributed by atoms with Crippen molar-refractivity contribution in [3.8, 4) is 0 Å². The summed E-state index contributed by atoms with van der Waals surface area (Å²) < 4.78 is 10.4. The normalized spacial score (nSPS) is 10.4. The van der Waals surface area contributed by atoms with Gasteiger partial charge in [0.25, 0.3) is 11.8 Å².